The van der Waals surface area contributed by atoms with Gasteiger partial charge in [-0.25, -0.2) is 0 Å². The lowest BCUT2D eigenvalue weighted by Crippen LogP contribution is -2.58. The normalized spacial score (nSPS) is 23.9. The second-order valence-electron chi connectivity index (χ2n) is 15.0. The minimum atomic E-state index is -3.27. The first kappa shape index (κ1) is 73.0. The quantitative estimate of drug-likeness (QED) is 0.0168. The molecule has 0 aromatic heterocycles. The molecular weight excluding hydrogens is 1260 g/mol. The van der Waals surface area contributed by atoms with Crippen molar-refractivity contribution in [3.8, 4) is 0 Å². The Labute approximate surface area is 484 Å². The van der Waals surface area contributed by atoms with Crippen LogP contribution in [0.3, 0.4) is 0 Å². The van der Waals surface area contributed by atoms with Crippen LogP contribution in [0.15, 0.2) is 0 Å². The van der Waals surface area contributed by atoms with Crippen LogP contribution in [0.2, 0.25) is 24.2 Å². The molecule has 0 bridgehead atoms. The highest BCUT2D eigenvalue weighted by atomic mass is 33.8. The van der Waals surface area contributed by atoms with Gasteiger partial charge in [0.2, 0.25) is 0 Å². The summed E-state index contributed by atoms with van der Waals surface area (Å²) in [4.78, 5) is 0. The van der Waals surface area contributed by atoms with Gasteiger partial charge in [-0.05, 0) is 142 Å². The molecule has 1 aliphatic carbocycles. The Balaban J connectivity index is 4.97. The van der Waals surface area contributed by atoms with Gasteiger partial charge in [-0.15, -0.1) is 126 Å². The first-order valence-electron chi connectivity index (χ1n) is 23.9. The Kier molecular flexibility index (Phi) is 37.8. The average Bonchev–Trinajstić information content (AvgIpc) is 3.77. The molecule has 0 aromatic rings. The molecule has 0 amide bonds. The molecular formula is C37H90O12S16Si4. The minimum absolute atomic E-state index is 0.439. The lowest BCUT2D eigenvalue weighted by atomic mass is 10.3. The van der Waals surface area contributed by atoms with Crippen molar-refractivity contribution in [2.24, 2.45) is 0 Å². The van der Waals surface area contributed by atoms with Gasteiger partial charge >= 0.3 is 35.2 Å². The molecule has 0 aromatic carbocycles. The maximum absolute atomic E-state index is 6.59. The lowest BCUT2D eigenvalue weighted by Gasteiger charge is -2.74. The summed E-state index contributed by atoms with van der Waals surface area (Å²) >= 11 is 46.2. The number of thiol groups is 8. The standard InChI is InChI=1S/C37H90O12S16Si4/c1-13-38-66(39-14-2,40-15-3)32-28-62(54,58-50)36(63(55,59-51)29-33-67(41-16-4,42-17-5)43-18-6)26-25-27-37(36,64(56,60-52)30-34-68(44-19-7,45-20-8)46-21-9)65(57,61-53)31-35-69(47-22-10,48-23-11)49-24-12/h50-57H,13-35H2,1-12H3. The van der Waals surface area contributed by atoms with E-state index in [1.54, 1.807) is 0 Å². The summed E-state index contributed by atoms with van der Waals surface area (Å²) in [6.45, 7) is 29.1. The van der Waals surface area contributed by atoms with Gasteiger partial charge in [0.1, 0.15) is 0 Å². The van der Waals surface area contributed by atoms with E-state index in [1.807, 2.05) is 83.1 Å². The third kappa shape index (κ3) is 17.7. The number of rotatable bonds is 44. The Morgan fingerprint density at radius 2 is 0.464 bits per heavy atom. The molecule has 1 aliphatic rings. The van der Waals surface area contributed by atoms with Crippen molar-refractivity contribution in [3.63, 3.8) is 0 Å². The van der Waals surface area contributed by atoms with Crippen molar-refractivity contribution < 1.29 is 53.1 Å². The second-order valence-corrected chi connectivity index (χ2v) is 61.0. The second kappa shape index (κ2) is 35.8. The van der Waals surface area contributed by atoms with Crippen LogP contribution in [0.1, 0.15) is 102 Å². The largest absolute Gasteiger partial charge is 0.501 e. The molecule has 4 atom stereocenters. The van der Waals surface area contributed by atoms with E-state index in [0.29, 0.717) is 139 Å². The van der Waals surface area contributed by atoms with E-state index < -0.39 is 75.7 Å². The fraction of sp³-hybridized carbons (Fsp3) is 1.00. The molecule has 0 aliphatic heterocycles. The summed E-state index contributed by atoms with van der Waals surface area (Å²) in [7, 11) is -16.6. The molecule has 0 saturated heterocycles. The summed E-state index contributed by atoms with van der Waals surface area (Å²) < 4.78 is 77.4. The zero-order valence-electron chi connectivity index (χ0n) is 43.0. The lowest BCUT2D eigenvalue weighted by molar-refractivity contribution is 0.0720. The maximum atomic E-state index is 6.59. The van der Waals surface area contributed by atoms with E-state index in [4.69, 9.17) is 146 Å². The van der Waals surface area contributed by atoms with Crippen LogP contribution in [0.5, 0.6) is 0 Å². The molecule has 0 N–H and O–H groups in total. The van der Waals surface area contributed by atoms with Crippen LogP contribution in [0.25, 0.3) is 0 Å². The molecule has 1 saturated carbocycles. The zero-order valence-corrected chi connectivity index (χ0v) is 60.7. The van der Waals surface area contributed by atoms with Gasteiger partial charge in [-0.2, -0.15) is 0 Å². The fourth-order valence-corrected chi connectivity index (χ4v) is 79.2. The molecule has 0 heterocycles. The minimum Gasteiger partial charge on any atom is -0.374 e. The van der Waals surface area contributed by atoms with Crippen molar-refractivity contribution in [3.05, 3.63) is 0 Å². The number of hydrogen-bond donors (Lipinski definition) is 8. The van der Waals surface area contributed by atoms with E-state index in [-0.39, 0.29) is 0 Å². The third-order valence-electron chi connectivity index (χ3n) is 11.3. The van der Waals surface area contributed by atoms with E-state index in [0.717, 1.165) is 6.42 Å². The third-order valence-corrected chi connectivity index (χ3v) is 72.3. The van der Waals surface area contributed by atoms with Crippen molar-refractivity contribution in [2.45, 2.75) is 135 Å². The molecule has 69 heavy (non-hydrogen) atoms. The topological polar surface area (TPSA) is 111 Å². The van der Waals surface area contributed by atoms with Crippen LogP contribution in [-0.2, 0) is 53.1 Å². The van der Waals surface area contributed by atoms with Crippen molar-refractivity contribution >= 4 is 200 Å². The summed E-state index contributed by atoms with van der Waals surface area (Å²) in [5.41, 5.74) is 0. The van der Waals surface area contributed by atoms with Gasteiger partial charge in [0.25, 0.3) is 0 Å². The monoisotopic (exact) mass is 1350 g/mol. The Morgan fingerprint density at radius 3 is 0.580 bits per heavy atom. The molecule has 1 rings (SSSR count). The van der Waals surface area contributed by atoms with Crippen molar-refractivity contribution in [1.29, 1.82) is 0 Å². The smallest absolute Gasteiger partial charge is 0.374 e. The Bertz CT molecular complexity index is 1160. The Hall–Kier alpha value is 5.99. The fourth-order valence-electron chi connectivity index (χ4n) is 9.06. The highest BCUT2D eigenvalue weighted by Crippen LogP contribution is 3.06. The van der Waals surface area contributed by atoms with Gasteiger partial charge in [0.05, 0.1) is 8.16 Å². The SMILES string of the molecule is CCO[Si](CCS(S)(SS)C1(S(S)(CC[Si](OCC)(OCC)OCC)SS)CCCC1(S(S)(CC[Si](OCC)(OCC)OCC)SS)S(S)(CC[Si](OCC)(OCC)OCC)SS)(OCC)OCC. The predicted molar refractivity (Wildman–Crippen MR) is 353 cm³/mol. The first-order chi connectivity index (χ1) is 32.8. The number of hydrogen-bond acceptors (Lipinski definition) is 24. The summed E-state index contributed by atoms with van der Waals surface area (Å²) in [6, 6.07) is 1.99. The van der Waals surface area contributed by atoms with Crippen molar-refractivity contribution in [2.75, 3.05) is 102 Å². The van der Waals surface area contributed by atoms with Crippen LogP contribution < -0.4 is 0 Å². The highest BCUT2D eigenvalue weighted by molar-refractivity contribution is 9.44. The molecule has 422 valence electrons. The van der Waals surface area contributed by atoms with Crippen LogP contribution in [0.4, 0.5) is 0 Å². The molecule has 0 radical (unpaired) electrons. The van der Waals surface area contributed by atoms with Crippen LogP contribution >= 0.6 is 165 Å². The molecule has 0 spiro atoms. The Morgan fingerprint density at radius 1 is 0.319 bits per heavy atom. The van der Waals surface area contributed by atoms with Gasteiger partial charge in [-0.1, -0.05) is 0 Å². The van der Waals surface area contributed by atoms with E-state index >= 15 is 0 Å². The maximum Gasteiger partial charge on any atom is 0.501 e. The van der Waals surface area contributed by atoms with Gasteiger partial charge in [0, 0.05) is 126 Å². The molecule has 32 heteroatoms. The van der Waals surface area contributed by atoms with Crippen LogP contribution in [0, 0.1) is 0 Å². The van der Waals surface area contributed by atoms with Gasteiger partial charge in [-0.3, -0.25) is 0 Å². The highest BCUT2D eigenvalue weighted by Gasteiger charge is 2.78. The first-order valence-corrected chi connectivity index (χ1v) is 52.6. The molecule has 12 nitrogen and oxygen atoms in total. The summed E-state index contributed by atoms with van der Waals surface area (Å²) in [5.74, 6) is 2.22. The van der Waals surface area contributed by atoms with E-state index in [9.17, 15) is 0 Å². The van der Waals surface area contributed by atoms with Gasteiger partial charge < -0.3 is 53.1 Å². The average molecular weight is 1350 g/mol. The van der Waals surface area contributed by atoms with Gasteiger partial charge in [0.15, 0.2) is 0 Å². The zero-order chi connectivity index (χ0) is 52.6. The van der Waals surface area contributed by atoms with Crippen molar-refractivity contribution in [1.82, 2.24) is 0 Å². The van der Waals surface area contributed by atoms with E-state index in [2.05, 4.69) is 0 Å². The predicted octanol–water partition coefficient (Wildman–Crippen LogP) is 15.3. The summed E-state index contributed by atoms with van der Waals surface area (Å²) in [6.07, 6.45) is 2.24. The van der Waals surface area contributed by atoms with E-state index in [1.165, 1.54) is 39.3 Å². The van der Waals surface area contributed by atoms with Crippen LogP contribution in [-0.4, -0.2) is 146 Å². The molecule has 4 unspecified atom stereocenters. The molecule has 1 fully saturated rings. The summed E-state index contributed by atoms with van der Waals surface area (Å²) in [5, 5.41) is 0.